The largest absolute Gasteiger partial charge is 0.465 e. The minimum Gasteiger partial charge on any atom is -0.465 e. The first-order valence-corrected chi connectivity index (χ1v) is 52.3. The minimum atomic E-state index is -1.11. The first-order chi connectivity index (χ1) is 72.8. The number of ether oxygens (including phenoxy) is 12. The van der Waals surface area contributed by atoms with Crippen LogP contribution in [0.4, 0.5) is 0 Å². The number of carbonyl (C=O) groups excluding carboxylic acids is 12. The molecule has 24 nitrogen and oxygen atoms in total. The third kappa shape index (κ3) is 34.2. The molecule has 14 rings (SSSR count). The van der Waals surface area contributed by atoms with E-state index in [-0.39, 0.29) is 106 Å². The monoisotopic (exact) mass is 2020 g/mol. The van der Waals surface area contributed by atoms with Crippen LogP contribution in [0, 0.1) is 119 Å². The molecule has 6 saturated carbocycles. The smallest absolute Gasteiger partial charge is 0.339 e. The third-order valence-electron chi connectivity index (χ3n) is 28.6. The van der Waals surface area contributed by atoms with Crippen molar-refractivity contribution in [3.05, 3.63) is 286 Å². The summed E-state index contributed by atoms with van der Waals surface area (Å²) in [6, 6.07) is 57.7. The van der Waals surface area contributed by atoms with Crippen LogP contribution in [0.25, 0.3) is 0 Å². The first-order valence-electron chi connectivity index (χ1n) is 52.3. The van der Waals surface area contributed by atoms with E-state index in [9.17, 15) is 57.5 Å². The normalized spacial score (nSPS) is 20.9. The fourth-order valence-corrected chi connectivity index (χ4v) is 19.3. The molecule has 0 aromatic heterocycles. The Morgan fingerprint density at radius 1 is 0.280 bits per heavy atom. The summed E-state index contributed by atoms with van der Waals surface area (Å²) in [6.45, 7) is 10.7. The molecular formula is C126H128O24. The zero-order valence-corrected chi connectivity index (χ0v) is 85.2. The molecule has 0 atom stereocenters. The van der Waals surface area contributed by atoms with E-state index in [2.05, 4.69) is 79.3 Å². The van der Waals surface area contributed by atoms with Gasteiger partial charge in [0, 0.05) is 56.7 Å². The molecule has 24 heteroatoms. The summed E-state index contributed by atoms with van der Waals surface area (Å²) in [5.74, 6) is 25.0. The number of hydrogen-bond acceptors (Lipinski definition) is 24. The molecule has 0 N–H and O–H groups in total. The van der Waals surface area contributed by atoms with Crippen LogP contribution in [-0.4, -0.2) is 110 Å². The van der Waals surface area contributed by atoms with Gasteiger partial charge in [-0.25, -0.2) is 19.2 Å². The molecule has 6 aliphatic rings. The van der Waals surface area contributed by atoms with Crippen molar-refractivity contribution < 1.29 is 114 Å². The van der Waals surface area contributed by atoms with Gasteiger partial charge >= 0.3 is 71.6 Å². The van der Waals surface area contributed by atoms with Crippen molar-refractivity contribution in [3.63, 3.8) is 0 Å². The number of esters is 12. The number of unbranched alkanes of at least 4 members (excludes halogenated alkanes) is 6. The lowest BCUT2D eigenvalue weighted by Crippen LogP contribution is -2.37. The average molecular weight is 2030 g/mol. The van der Waals surface area contributed by atoms with E-state index in [0.29, 0.717) is 190 Å². The number of benzene rings is 8. The molecule has 0 saturated heterocycles. The number of terminal acetylenes is 2. The van der Waals surface area contributed by atoms with Crippen molar-refractivity contribution in [3.8, 4) is 95.0 Å². The van der Waals surface area contributed by atoms with E-state index in [0.717, 1.165) is 99.9 Å². The van der Waals surface area contributed by atoms with Crippen molar-refractivity contribution in [2.45, 2.75) is 242 Å². The van der Waals surface area contributed by atoms with Gasteiger partial charge in [-0.15, -0.1) is 12.8 Å². The van der Waals surface area contributed by atoms with Gasteiger partial charge in [0.15, 0.2) is 11.2 Å². The third-order valence-corrected chi connectivity index (χ3v) is 28.6. The fraction of sp³-hybridized carbons (Fsp3) is 0.397. The summed E-state index contributed by atoms with van der Waals surface area (Å²) in [5, 5.41) is 0. The van der Waals surface area contributed by atoms with Gasteiger partial charge < -0.3 is 56.8 Å². The predicted molar refractivity (Wildman–Crippen MR) is 561 cm³/mol. The van der Waals surface area contributed by atoms with Gasteiger partial charge in [-0.2, -0.15) is 0 Å². The molecule has 6 aliphatic carbocycles. The van der Waals surface area contributed by atoms with Gasteiger partial charge in [0.2, 0.25) is 13.6 Å². The Morgan fingerprint density at radius 3 is 0.793 bits per heavy atom. The molecule has 6 fully saturated rings. The Hall–Kier alpha value is -15.8. The quantitative estimate of drug-likeness (QED) is 0.00688. The fourth-order valence-electron chi connectivity index (χ4n) is 19.3. The average Bonchev–Trinajstić information content (AvgIpc) is 0.799. The second-order valence-corrected chi connectivity index (χ2v) is 38.9. The van der Waals surface area contributed by atoms with Gasteiger partial charge in [-0.3, -0.25) is 38.4 Å². The van der Waals surface area contributed by atoms with Crippen molar-refractivity contribution >= 4 is 71.6 Å². The van der Waals surface area contributed by atoms with E-state index >= 15 is 0 Å². The molecule has 0 spiro atoms. The van der Waals surface area contributed by atoms with Crippen LogP contribution in [0.15, 0.2) is 219 Å². The molecule has 0 bridgehead atoms. The lowest BCUT2D eigenvalue weighted by molar-refractivity contribution is -0.170. The van der Waals surface area contributed by atoms with Gasteiger partial charge in [-0.1, -0.05) is 137 Å². The first kappa shape index (κ1) is 111. The maximum Gasteiger partial charge on any atom is 0.339 e. The molecule has 150 heavy (non-hydrogen) atoms. The van der Waals surface area contributed by atoms with Gasteiger partial charge in [0.1, 0.15) is 23.0 Å². The SMILES string of the molecule is C#Cc1ccc(C#Cc2ccc(C#CC3(OC(=O)c4ccc(OC(=O)C5CCC(C(=O)OCCCC)CC5)cc4)CCC(c4ccc(OC(=O)C5CCC(C(=O)OCOC(=O)C=C)CC5)cc4)CC3)cc2)cc1.C#Cc1ccc(C#Cc2ccc(C#CC3(OC(=O)c4ccc(OC(=O)C5CCC(C(=O)OCCCCCCCC)CC5)cc4)CCC(c4ccc(OC(=O)C5CCC(C(=O)OCOC(=O)C=C)CC5)cc4)CC3)cc2)cc1. The summed E-state index contributed by atoms with van der Waals surface area (Å²) in [4.78, 5) is 153. The Bertz CT molecular complexity index is 6360. The molecule has 8 aromatic rings. The lowest BCUT2D eigenvalue weighted by atomic mass is 9.76. The predicted octanol–water partition coefficient (Wildman–Crippen LogP) is 22.3. The van der Waals surface area contributed by atoms with Crippen molar-refractivity contribution in [1.29, 1.82) is 0 Å². The molecule has 8 aromatic carbocycles. The van der Waals surface area contributed by atoms with Crippen LogP contribution >= 0.6 is 0 Å². The topological polar surface area (TPSA) is 316 Å². The number of carbonyl (C=O) groups is 12. The standard InChI is InChI=1S/C65H68O12.C61H60O12/c1-4-7-8-9-10-11-44-72-60(67)52-22-26-54(27-23-52)63(70)76-58-36-32-56(33-37-58)64(71)77-65(41-38-49-20-18-48(19-21-49)17-16-47-14-12-46(5-2)13-15-47)42-39-51(40-43-65)50-30-34-57(35-31-50)75-62(69)55-28-24-53(25-29-55)61(68)74-45-73-59(66)6-3;1-4-7-40-68-56(63)48-18-22-50(23-19-48)59(66)72-54-32-28-52(29-33-54)60(67)73-61(37-34-45-16-14-44(15-17-45)13-12-43-10-8-42(5-2)9-11-43)38-35-47(36-39-61)46-26-30-53(31-27-46)71-58(65)51-24-20-49(21-25-51)57(64)70-41-69-55(62)6-3/h2,6,12-15,18-21,30-37,51-55H,3-4,7-11,22-29,39-40,42-45H2,1H3;2,6,8-11,14-17,26-33,47-51H,3-4,7,18-25,35-36,38-41H2,1H3. The van der Waals surface area contributed by atoms with E-state index < -0.39 is 60.6 Å². The van der Waals surface area contributed by atoms with E-state index in [4.69, 9.17) is 69.7 Å². The molecule has 0 amide bonds. The van der Waals surface area contributed by atoms with E-state index in [1.54, 1.807) is 72.8 Å². The zero-order chi connectivity index (χ0) is 106. The van der Waals surface area contributed by atoms with Crippen LogP contribution in [-0.2, 0) is 85.8 Å². The highest BCUT2D eigenvalue weighted by molar-refractivity contribution is 5.91. The van der Waals surface area contributed by atoms with Crippen molar-refractivity contribution in [2.24, 2.45) is 47.3 Å². The lowest BCUT2D eigenvalue weighted by Gasteiger charge is -2.36. The second kappa shape index (κ2) is 57.0. The summed E-state index contributed by atoms with van der Waals surface area (Å²) in [6.07, 6.45) is 34.1. The van der Waals surface area contributed by atoms with Crippen LogP contribution in [0.3, 0.4) is 0 Å². The zero-order valence-electron chi connectivity index (χ0n) is 85.2. The van der Waals surface area contributed by atoms with E-state index in [1.165, 1.54) is 19.3 Å². The van der Waals surface area contributed by atoms with Crippen LogP contribution < -0.4 is 18.9 Å². The van der Waals surface area contributed by atoms with Gasteiger partial charge in [0.05, 0.1) is 71.7 Å². The van der Waals surface area contributed by atoms with Gasteiger partial charge in [0.25, 0.3) is 0 Å². The minimum absolute atomic E-state index is 0.122. The van der Waals surface area contributed by atoms with Crippen molar-refractivity contribution in [1.82, 2.24) is 0 Å². The molecule has 0 radical (unpaired) electrons. The van der Waals surface area contributed by atoms with Gasteiger partial charge in [-0.05, 0) is 372 Å². The molecular weight excluding hydrogens is 1900 g/mol. The molecule has 776 valence electrons. The maximum atomic E-state index is 14.0. The Labute approximate surface area is 878 Å². The van der Waals surface area contributed by atoms with E-state index in [1.807, 2.05) is 128 Å². The summed E-state index contributed by atoms with van der Waals surface area (Å²) in [7, 11) is 0. The molecule has 0 heterocycles. The number of hydrogen-bond donors (Lipinski definition) is 0. The Kier molecular flexibility index (Phi) is 42.3. The van der Waals surface area contributed by atoms with Crippen LogP contribution in [0.1, 0.15) is 308 Å². The van der Waals surface area contributed by atoms with Crippen LogP contribution in [0.2, 0.25) is 0 Å². The highest BCUT2D eigenvalue weighted by Gasteiger charge is 2.43. The summed E-state index contributed by atoms with van der Waals surface area (Å²) in [5.41, 5.74) is 6.82. The molecule has 0 unspecified atom stereocenters. The molecule has 0 aliphatic heterocycles. The highest BCUT2D eigenvalue weighted by atomic mass is 16.7. The summed E-state index contributed by atoms with van der Waals surface area (Å²) < 4.78 is 66.2. The van der Waals surface area contributed by atoms with Crippen molar-refractivity contribution in [2.75, 3.05) is 26.8 Å². The second-order valence-electron chi connectivity index (χ2n) is 38.9. The Balaban J connectivity index is 0.000000250. The summed E-state index contributed by atoms with van der Waals surface area (Å²) >= 11 is 0. The maximum absolute atomic E-state index is 14.0. The van der Waals surface area contributed by atoms with Crippen LogP contribution in [0.5, 0.6) is 23.0 Å². The Morgan fingerprint density at radius 2 is 0.520 bits per heavy atom. The number of rotatable bonds is 34. The highest BCUT2D eigenvalue weighted by Crippen LogP contribution is 2.45.